The van der Waals surface area contributed by atoms with E-state index in [1.165, 1.54) is 5.56 Å². The highest BCUT2D eigenvalue weighted by Gasteiger charge is 2.42. The first-order valence-corrected chi connectivity index (χ1v) is 7.99. The lowest BCUT2D eigenvalue weighted by Gasteiger charge is -2.29. The highest BCUT2D eigenvalue weighted by atomic mass is 16.5. The summed E-state index contributed by atoms with van der Waals surface area (Å²) in [5, 5.41) is 8.15. The van der Waals surface area contributed by atoms with E-state index in [9.17, 15) is 0 Å². The van der Waals surface area contributed by atoms with Gasteiger partial charge in [-0.25, -0.2) is 0 Å². The van der Waals surface area contributed by atoms with Crippen LogP contribution in [0.5, 0.6) is 0 Å². The van der Waals surface area contributed by atoms with Crippen LogP contribution in [0, 0.1) is 11.8 Å². The number of hydrogen-bond acceptors (Lipinski definition) is 3. The normalized spacial score (nSPS) is 31.6. The molecule has 4 heteroatoms. The Kier molecular flexibility index (Phi) is 5.22. The molecule has 0 radical (unpaired) electrons. The number of hydrogen-bond donors (Lipinski definition) is 1. The minimum atomic E-state index is 0.291. The van der Waals surface area contributed by atoms with E-state index in [0.717, 1.165) is 19.5 Å². The third-order valence-corrected chi connectivity index (χ3v) is 4.65. The van der Waals surface area contributed by atoms with Crippen LogP contribution in [-0.4, -0.2) is 28.5 Å². The van der Waals surface area contributed by atoms with Crippen molar-refractivity contribution >= 4 is 0 Å². The average molecular weight is 279 g/mol. The summed E-state index contributed by atoms with van der Waals surface area (Å²) in [6.07, 6.45) is 5.96. The Morgan fingerprint density at radius 1 is 1.30 bits per heavy atom. The summed E-state index contributed by atoms with van der Waals surface area (Å²) in [7, 11) is 0. The minimum absolute atomic E-state index is 0.291. The van der Waals surface area contributed by atoms with Gasteiger partial charge in [0.25, 0.3) is 0 Å². The number of ether oxygens (including phenoxy) is 1. The number of aryl methyl sites for hydroxylation is 1. The minimum Gasteiger partial charge on any atom is -0.375 e. The largest absolute Gasteiger partial charge is 0.375 e. The Labute approximate surface area is 122 Å². The van der Waals surface area contributed by atoms with Crippen molar-refractivity contribution in [3.63, 3.8) is 0 Å². The lowest BCUT2D eigenvalue weighted by Crippen LogP contribution is -2.35. The van der Waals surface area contributed by atoms with Gasteiger partial charge in [0.1, 0.15) is 0 Å². The second kappa shape index (κ2) is 6.72. The monoisotopic (exact) mass is 279 g/mol. The van der Waals surface area contributed by atoms with Crippen molar-refractivity contribution < 1.29 is 4.74 Å². The molecule has 1 aromatic heterocycles. The van der Waals surface area contributed by atoms with E-state index in [2.05, 4.69) is 51.2 Å². The van der Waals surface area contributed by atoms with Gasteiger partial charge in [-0.3, -0.25) is 4.68 Å². The van der Waals surface area contributed by atoms with Crippen molar-refractivity contribution in [1.29, 1.82) is 0 Å². The molecule has 0 saturated carbocycles. The fourth-order valence-electron chi connectivity index (χ4n) is 3.36. The SMILES string of the molecule is CCCNC(c1cnn(CC)c1)C1C(C)OC(C)C1C. The molecule has 4 nitrogen and oxygen atoms in total. The molecule has 2 heterocycles. The first-order chi connectivity index (χ1) is 9.58. The molecule has 5 atom stereocenters. The van der Waals surface area contributed by atoms with Crippen molar-refractivity contribution in [2.24, 2.45) is 11.8 Å². The fourth-order valence-corrected chi connectivity index (χ4v) is 3.36. The van der Waals surface area contributed by atoms with Gasteiger partial charge >= 0.3 is 0 Å². The zero-order valence-electron chi connectivity index (χ0n) is 13.5. The molecule has 0 bridgehead atoms. The van der Waals surface area contributed by atoms with E-state index in [1.54, 1.807) is 0 Å². The van der Waals surface area contributed by atoms with Crippen molar-refractivity contribution in [1.82, 2.24) is 15.1 Å². The molecule has 0 aromatic carbocycles. The average Bonchev–Trinajstić information content (AvgIpc) is 2.99. The summed E-state index contributed by atoms with van der Waals surface area (Å²) in [4.78, 5) is 0. The summed E-state index contributed by atoms with van der Waals surface area (Å²) >= 11 is 0. The molecule has 1 fully saturated rings. The summed E-state index contributed by atoms with van der Waals surface area (Å²) < 4.78 is 8.04. The molecule has 1 aliphatic rings. The van der Waals surface area contributed by atoms with E-state index in [0.29, 0.717) is 30.1 Å². The van der Waals surface area contributed by atoms with Crippen LogP contribution in [0.25, 0.3) is 0 Å². The number of aromatic nitrogens is 2. The third-order valence-electron chi connectivity index (χ3n) is 4.65. The molecular weight excluding hydrogens is 250 g/mol. The van der Waals surface area contributed by atoms with Crippen molar-refractivity contribution in [2.45, 2.75) is 65.8 Å². The predicted octanol–water partition coefficient (Wildman–Crippen LogP) is 3.00. The van der Waals surface area contributed by atoms with E-state index in [-0.39, 0.29) is 0 Å². The fraction of sp³-hybridized carbons (Fsp3) is 0.812. The molecule has 5 unspecified atom stereocenters. The molecule has 114 valence electrons. The van der Waals surface area contributed by atoms with Crippen molar-refractivity contribution in [2.75, 3.05) is 6.54 Å². The number of nitrogens with one attached hydrogen (secondary N) is 1. The van der Waals surface area contributed by atoms with E-state index in [1.807, 2.05) is 10.9 Å². The maximum absolute atomic E-state index is 6.03. The van der Waals surface area contributed by atoms with Gasteiger partial charge in [0.2, 0.25) is 0 Å². The Hall–Kier alpha value is -0.870. The van der Waals surface area contributed by atoms with Crippen LogP contribution in [0.4, 0.5) is 0 Å². The molecule has 0 amide bonds. The van der Waals surface area contributed by atoms with Crippen molar-refractivity contribution in [3.8, 4) is 0 Å². The quantitative estimate of drug-likeness (QED) is 0.870. The summed E-state index contributed by atoms with van der Waals surface area (Å²) in [6, 6.07) is 0.338. The molecule has 2 rings (SSSR count). The van der Waals surface area contributed by atoms with Crippen molar-refractivity contribution in [3.05, 3.63) is 18.0 Å². The summed E-state index contributed by atoms with van der Waals surface area (Å²) in [6.45, 7) is 13.0. The second-order valence-corrected chi connectivity index (χ2v) is 6.04. The highest BCUT2D eigenvalue weighted by molar-refractivity contribution is 5.14. The molecule has 0 aliphatic carbocycles. The highest BCUT2D eigenvalue weighted by Crippen LogP contribution is 2.40. The topological polar surface area (TPSA) is 39.1 Å². The molecule has 20 heavy (non-hydrogen) atoms. The van der Waals surface area contributed by atoms with Gasteiger partial charge in [-0.1, -0.05) is 13.8 Å². The predicted molar refractivity (Wildman–Crippen MR) is 81.6 cm³/mol. The van der Waals surface area contributed by atoms with Crippen LogP contribution in [0.2, 0.25) is 0 Å². The lowest BCUT2D eigenvalue weighted by molar-refractivity contribution is 0.0475. The summed E-state index contributed by atoms with van der Waals surface area (Å²) in [5.41, 5.74) is 1.29. The van der Waals surface area contributed by atoms with Gasteiger partial charge in [0, 0.05) is 30.3 Å². The van der Waals surface area contributed by atoms with E-state index >= 15 is 0 Å². The maximum Gasteiger partial charge on any atom is 0.0600 e. The Balaban J connectivity index is 2.22. The molecule has 0 spiro atoms. The number of nitrogens with zero attached hydrogens (tertiary/aromatic N) is 2. The first kappa shape index (κ1) is 15.5. The molecule has 1 aliphatic heterocycles. The molecule has 1 saturated heterocycles. The zero-order chi connectivity index (χ0) is 14.7. The van der Waals surface area contributed by atoms with E-state index in [4.69, 9.17) is 4.74 Å². The third kappa shape index (κ3) is 3.07. The molecule has 1 N–H and O–H groups in total. The van der Waals surface area contributed by atoms with Crippen LogP contribution < -0.4 is 5.32 Å². The standard InChI is InChI=1S/C16H29N3O/c1-6-8-17-16(14-9-18-19(7-2)10-14)15-11(3)12(4)20-13(15)5/h9-13,15-17H,6-8H2,1-5H3. The van der Waals surface area contributed by atoms with E-state index < -0.39 is 0 Å². The van der Waals surface area contributed by atoms with Gasteiger partial charge < -0.3 is 10.1 Å². The summed E-state index contributed by atoms with van der Waals surface area (Å²) in [5.74, 6) is 1.07. The van der Waals surface area contributed by atoms with Crippen LogP contribution >= 0.6 is 0 Å². The Bertz CT molecular complexity index is 418. The van der Waals surface area contributed by atoms with Crippen LogP contribution in [-0.2, 0) is 11.3 Å². The van der Waals surface area contributed by atoms with Crippen LogP contribution in [0.15, 0.2) is 12.4 Å². The maximum atomic E-state index is 6.03. The molecule has 1 aromatic rings. The zero-order valence-corrected chi connectivity index (χ0v) is 13.5. The van der Waals surface area contributed by atoms with Gasteiger partial charge in [0.15, 0.2) is 0 Å². The van der Waals surface area contributed by atoms with Gasteiger partial charge in [0.05, 0.1) is 18.4 Å². The number of rotatable bonds is 6. The van der Waals surface area contributed by atoms with Gasteiger partial charge in [-0.2, -0.15) is 5.10 Å². The Morgan fingerprint density at radius 3 is 2.55 bits per heavy atom. The smallest absolute Gasteiger partial charge is 0.0600 e. The van der Waals surface area contributed by atoms with Gasteiger partial charge in [-0.15, -0.1) is 0 Å². The Morgan fingerprint density at radius 2 is 2.05 bits per heavy atom. The van der Waals surface area contributed by atoms with Crippen LogP contribution in [0.1, 0.15) is 52.6 Å². The second-order valence-electron chi connectivity index (χ2n) is 6.04. The molecular formula is C16H29N3O. The first-order valence-electron chi connectivity index (χ1n) is 7.99. The van der Waals surface area contributed by atoms with Gasteiger partial charge in [-0.05, 0) is 39.7 Å². The lowest BCUT2D eigenvalue weighted by atomic mass is 9.81. The van der Waals surface area contributed by atoms with Crippen LogP contribution in [0.3, 0.4) is 0 Å².